The minimum Gasteiger partial charge on any atom is -0.490 e. The second-order valence-corrected chi connectivity index (χ2v) is 6.28. The van der Waals surface area contributed by atoms with Gasteiger partial charge in [-0.2, -0.15) is 5.10 Å². The number of ether oxygens (including phenoxy) is 2. The van der Waals surface area contributed by atoms with Gasteiger partial charge in [-0.1, -0.05) is 18.2 Å². The van der Waals surface area contributed by atoms with Crippen LogP contribution >= 0.6 is 0 Å². The molecule has 0 aliphatic carbocycles. The highest BCUT2D eigenvalue weighted by Gasteiger charge is 2.13. The van der Waals surface area contributed by atoms with Crippen molar-refractivity contribution in [3.63, 3.8) is 0 Å². The molecule has 1 heterocycles. The number of pyridine rings is 1. The summed E-state index contributed by atoms with van der Waals surface area (Å²) in [6.07, 6.45) is 2.97. The second-order valence-electron chi connectivity index (χ2n) is 6.28. The first-order valence-corrected chi connectivity index (χ1v) is 9.37. The fourth-order valence-electron chi connectivity index (χ4n) is 2.52. The normalized spacial score (nSPS) is 10.6. The average molecular weight is 403 g/mol. The van der Waals surface area contributed by atoms with Crippen LogP contribution in [-0.2, 0) is 0 Å². The Morgan fingerprint density at radius 2 is 1.83 bits per heavy atom. The Kier molecular flexibility index (Phi) is 6.89. The maximum atomic E-state index is 12.3. The van der Waals surface area contributed by atoms with Crippen LogP contribution in [0.3, 0.4) is 0 Å². The van der Waals surface area contributed by atoms with Crippen molar-refractivity contribution in [1.82, 2.24) is 10.4 Å². The molecule has 0 saturated carbocycles. The molecule has 1 amide bonds. The summed E-state index contributed by atoms with van der Waals surface area (Å²) in [4.78, 5) is 28.5. The molecule has 152 valence electrons. The summed E-state index contributed by atoms with van der Waals surface area (Å²) in [7, 11) is 0. The summed E-state index contributed by atoms with van der Waals surface area (Å²) in [5.41, 5.74) is 4.80. The zero-order valence-electron chi connectivity index (χ0n) is 16.7. The largest absolute Gasteiger partial charge is 0.490 e. The van der Waals surface area contributed by atoms with E-state index in [-0.39, 0.29) is 5.91 Å². The molecule has 7 heteroatoms. The third-order valence-electron chi connectivity index (χ3n) is 4.03. The molecule has 0 spiro atoms. The van der Waals surface area contributed by atoms with E-state index < -0.39 is 5.97 Å². The standard InChI is InChI=1S/C23H21N3O4/c1-3-29-21-13-17(14-25-26-22(27)19-11-9-16(2)24-15-19)10-12-20(21)30-23(28)18-7-5-4-6-8-18/h4-15H,3H2,1-2H3,(H,26,27)/b25-14+. The molecule has 0 atom stereocenters. The van der Waals surface area contributed by atoms with Crippen molar-refractivity contribution in [2.24, 2.45) is 5.10 Å². The van der Waals surface area contributed by atoms with E-state index >= 15 is 0 Å². The monoisotopic (exact) mass is 403 g/mol. The van der Waals surface area contributed by atoms with E-state index in [1.165, 1.54) is 12.4 Å². The van der Waals surface area contributed by atoms with Gasteiger partial charge in [-0.05, 0) is 61.9 Å². The number of rotatable bonds is 7. The molecular formula is C23H21N3O4. The lowest BCUT2D eigenvalue weighted by molar-refractivity contribution is 0.0728. The SMILES string of the molecule is CCOc1cc(/C=N/NC(=O)c2ccc(C)nc2)ccc1OC(=O)c1ccccc1. The van der Waals surface area contributed by atoms with Crippen LogP contribution in [0.4, 0.5) is 0 Å². The van der Waals surface area contributed by atoms with Crippen molar-refractivity contribution < 1.29 is 19.1 Å². The summed E-state index contributed by atoms with van der Waals surface area (Å²) in [6, 6.07) is 17.1. The van der Waals surface area contributed by atoms with E-state index in [0.717, 1.165) is 5.69 Å². The van der Waals surface area contributed by atoms with Crippen LogP contribution in [0.25, 0.3) is 0 Å². The number of amides is 1. The molecule has 0 fully saturated rings. The number of hydrazone groups is 1. The fourth-order valence-corrected chi connectivity index (χ4v) is 2.52. The molecule has 0 aliphatic heterocycles. The maximum Gasteiger partial charge on any atom is 0.343 e. The van der Waals surface area contributed by atoms with Crippen LogP contribution in [0.5, 0.6) is 11.5 Å². The van der Waals surface area contributed by atoms with Crippen LogP contribution in [0.1, 0.15) is 38.9 Å². The van der Waals surface area contributed by atoms with Gasteiger partial charge in [0.2, 0.25) is 0 Å². The number of benzene rings is 2. The minimum atomic E-state index is -0.475. The minimum absolute atomic E-state index is 0.303. The number of nitrogens with one attached hydrogen (secondary N) is 1. The topological polar surface area (TPSA) is 89.9 Å². The summed E-state index contributed by atoms with van der Waals surface area (Å²) in [6.45, 7) is 4.07. The van der Waals surface area contributed by atoms with Crippen LogP contribution in [-0.4, -0.2) is 29.7 Å². The van der Waals surface area contributed by atoms with E-state index in [9.17, 15) is 9.59 Å². The van der Waals surface area contributed by atoms with Crippen molar-refractivity contribution in [2.75, 3.05) is 6.61 Å². The van der Waals surface area contributed by atoms with Gasteiger partial charge in [0, 0.05) is 11.9 Å². The highest BCUT2D eigenvalue weighted by atomic mass is 16.6. The van der Waals surface area contributed by atoms with E-state index in [0.29, 0.717) is 34.8 Å². The smallest absolute Gasteiger partial charge is 0.343 e. The number of hydrogen-bond acceptors (Lipinski definition) is 6. The zero-order valence-corrected chi connectivity index (χ0v) is 16.7. The Bertz CT molecular complexity index is 1050. The van der Waals surface area contributed by atoms with Gasteiger partial charge >= 0.3 is 5.97 Å². The third-order valence-corrected chi connectivity index (χ3v) is 4.03. The molecule has 0 bridgehead atoms. The lowest BCUT2D eigenvalue weighted by Crippen LogP contribution is -2.17. The lowest BCUT2D eigenvalue weighted by atomic mass is 10.2. The second kappa shape index (κ2) is 9.97. The van der Waals surface area contributed by atoms with Crippen molar-refractivity contribution in [1.29, 1.82) is 0 Å². The number of esters is 1. The molecule has 0 aliphatic rings. The molecule has 30 heavy (non-hydrogen) atoms. The lowest BCUT2D eigenvalue weighted by Gasteiger charge is -2.11. The highest BCUT2D eigenvalue weighted by molar-refractivity contribution is 5.94. The van der Waals surface area contributed by atoms with Gasteiger partial charge < -0.3 is 9.47 Å². The van der Waals surface area contributed by atoms with E-state index in [2.05, 4.69) is 15.5 Å². The van der Waals surface area contributed by atoms with Crippen LogP contribution in [0.2, 0.25) is 0 Å². The quantitative estimate of drug-likeness (QED) is 0.281. The van der Waals surface area contributed by atoms with Gasteiger partial charge in [-0.3, -0.25) is 9.78 Å². The molecule has 2 aromatic carbocycles. The van der Waals surface area contributed by atoms with Gasteiger partial charge in [0.1, 0.15) is 0 Å². The summed E-state index contributed by atoms with van der Waals surface area (Å²) in [5, 5.41) is 3.96. The molecule has 3 rings (SSSR count). The Hall–Kier alpha value is -4.00. The first kappa shape index (κ1) is 20.7. The maximum absolute atomic E-state index is 12.3. The van der Waals surface area contributed by atoms with Crippen LogP contribution in [0.15, 0.2) is 72.0 Å². The zero-order chi connectivity index (χ0) is 21.3. The molecule has 7 nitrogen and oxygen atoms in total. The fraction of sp³-hybridized carbons (Fsp3) is 0.130. The van der Waals surface area contributed by atoms with E-state index in [1.54, 1.807) is 54.6 Å². The van der Waals surface area contributed by atoms with Crippen LogP contribution < -0.4 is 14.9 Å². The molecule has 3 aromatic rings. The summed E-state index contributed by atoms with van der Waals surface area (Å²) < 4.78 is 11.1. The number of hydrogen-bond donors (Lipinski definition) is 1. The number of aryl methyl sites for hydroxylation is 1. The number of nitrogens with zero attached hydrogens (tertiary/aromatic N) is 2. The van der Waals surface area contributed by atoms with Gasteiger partial charge in [0.05, 0.1) is 23.9 Å². The van der Waals surface area contributed by atoms with E-state index in [1.807, 2.05) is 19.9 Å². The number of carbonyl (C=O) groups excluding carboxylic acids is 2. The predicted octanol–water partition coefficient (Wildman–Crippen LogP) is 3.77. The first-order valence-electron chi connectivity index (χ1n) is 9.37. The molecule has 0 saturated heterocycles. The van der Waals surface area contributed by atoms with Gasteiger partial charge in [-0.25, -0.2) is 10.2 Å². The first-order chi connectivity index (χ1) is 14.6. The Morgan fingerprint density at radius 3 is 2.53 bits per heavy atom. The average Bonchev–Trinajstić information content (AvgIpc) is 2.76. The van der Waals surface area contributed by atoms with Crippen molar-refractivity contribution in [3.05, 3.63) is 89.2 Å². The summed E-state index contributed by atoms with van der Waals surface area (Å²) >= 11 is 0. The molecular weight excluding hydrogens is 382 g/mol. The van der Waals surface area contributed by atoms with Gasteiger partial charge in [0.25, 0.3) is 5.91 Å². The molecule has 0 unspecified atom stereocenters. The Labute approximate surface area is 174 Å². The Morgan fingerprint density at radius 1 is 1.03 bits per heavy atom. The number of carbonyl (C=O) groups is 2. The van der Waals surface area contributed by atoms with Crippen molar-refractivity contribution in [2.45, 2.75) is 13.8 Å². The molecule has 1 N–H and O–H groups in total. The van der Waals surface area contributed by atoms with Crippen LogP contribution in [0, 0.1) is 6.92 Å². The van der Waals surface area contributed by atoms with Gasteiger partial charge in [-0.15, -0.1) is 0 Å². The highest BCUT2D eigenvalue weighted by Crippen LogP contribution is 2.29. The van der Waals surface area contributed by atoms with E-state index in [4.69, 9.17) is 9.47 Å². The molecule has 0 radical (unpaired) electrons. The number of aromatic nitrogens is 1. The Balaban J connectivity index is 1.69. The van der Waals surface area contributed by atoms with Crippen molar-refractivity contribution >= 4 is 18.1 Å². The predicted molar refractivity (Wildman–Crippen MR) is 113 cm³/mol. The molecule has 1 aromatic heterocycles. The third kappa shape index (κ3) is 5.51. The van der Waals surface area contributed by atoms with Gasteiger partial charge in [0.15, 0.2) is 11.5 Å². The van der Waals surface area contributed by atoms with Crippen molar-refractivity contribution in [3.8, 4) is 11.5 Å². The summed E-state index contributed by atoms with van der Waals surface area (Å²) in [5.74, 6) is -0.133.